The summed E-state index contributed by atoms with van der Waals surface area (Å²) in [7, 11) is 0. The monoisotopic (exact) mass is 702 g/mol. The minimum absolute atomic E-state index is 0.657. The Morgan fingerprint density at radius 3 is 1.67 bits per heavy atom. The SMILES string of the molecule is c1ccc(-c2nc(-c3ccccc3)nc(-c3ccc(-c4ccc5c(c4)-c4c(n(-c6ccc7c(ccc8ccccc87)c6)c6ccccc46)CC5)cc3)n2)cc1. The number of aryl methyl sites for hydroxylation is 1. The van der Waals surface area contributed by atoms with E-state index >= 15 is 0 Å². The van der Waals surface area contributed by atoms with Crippen LogP contribution in [0.1, 0.15) is 11.3 Å². The lowest BCUT2D eigenvalue weighted by Crippen LogP contribution is -2.08. The van der Waals surface area contributed by atoms with Crippen molar-refractivity contribution >= 4 is 32.4 Å². The zero-order valence-corrected chi connectivity index (χ0v) is 30.0. The highest BCUT2D eigenvalue weighted by Crippen LogP contribution is 2.44. The van der Waals surface area contributed by atoms with Crippen LogP contribution in [-0.2, 0) is 12.8 Å². The summed E-state index contributed by atoms with van der Waals surface area (Å²) in [5, 5.41) is 6.41. The standard InChI is InChI=1S/C51H34N4/c1-3-12-36(13-4-1)49-52-50(37-14-5-2-6-15-37)54-51(53-49)38-23-19-33(20-24-38)39-25-21-35-27-30-47-48(45(35)32-39)44-17-9-10-18-46(44)55(47)41-28-29-43-40(31-41)26-22-34-11-7-8-16-42(34)43/h1-26,28-29,31-32H,27,30H2. The van der Waals surface area contributed by atoms with E-state index in [4.69, 9.17) is 15.0 Å². The van der Waals surface area contributed by atoms with Gasteiger partial charge in [0.05, 0.1) is 5.52 Å². The highest BCUT2D eigenvalue weighted by Gasteiger charge is 2.25. The molecular formula is C51H34N4. The van der Waals surface area contributed by atoms with E-state index in [9.17, 15) is 0 Å². The molecule has 0 radical (unpaired) electrons. The molecule has 1 aliphatic carbocycles. The molecule has 0 aliphatic heterocycles. The molecule has 4 nitrogen and oxygen atoms in total. The van der Waals surface area contributed by atoms with E-state index in [0.717, 1.165) is 35.1 Å². The molecule has 0 N–H and O–H groups in total. The van der Waals surface area contributed by atoms with Crippen molar-refractivity contribution in [1.29, 1.82) is 0 Å². The number of rotatable bonds is 5. The summed E-state index contributed by atoms with van der Waals surface area (Å²) < 4.78 is 2.51. The topological polar surface area (TPSA) is 43.6 Å². The molecule has 4 heteroatoms. The van der Waals surface area contributed by atoms with Crippen molar-refractivity contribution in [3.05, 3.63) is 193 Å². The predicted molar refractivity (Wildman–Crippen MR) is 226 cm³/mol. The maximum absolute atomic E-state index is 4.95. The molecule has 10 aromatic rings. The fourth-order valence-electron chi connectivity index (χ4n) is 8.47. The Morgan fingerprint density at radius 1 is 0.382 bits per heavy atom. The van der Waals surface area contributed by atoms with Crippen LogP contribution in [0.15, 0.2) is 182 Å². The van der Waals surface area contributed by atoms with Crippen molar-refractivity contribution in [1.82, 2.24) is 19.5 Å². The highest BCUT2D eigenvalue weighted by atomic mass is 15.0. The minimum atomic E-state index is 0.657. The first kappa shape index (κ1) is 31.4. The third-order valence-electron chi connectivity index (χ3n) is 11.1. The van der Waals surface area contributed by atoms with Crippen LogP contribution < -0.4 is 0 Å². The van der Waals surface area contributed by atoms with Gasteiger partial charge in [0.2, 0.25) is 0 Å². The number of aromatic nitrogens is 4. The molecule has 8 aromatic carbocycles. The van der Waals surface area contributed by atoms with Crippen LogP contribution in [0.4, 0.5) is 0 Å². The van der Waals surface area contributed by atoms with Crippen LogP contribution in [0.25, 0.3) is 94.6 Å². The smallest absolute Gasteiger partial charge is 0.164 e. The van der Waals surface area contributed by atoms with Crippen molar-refractivity contribution in [2.24, 2.45) is 0 Å². The first-order valence-electron chi connectivity index (χ1n) is 18.9. The molecule has 1 aliphatic rings. The van der Waals surface area contributed by atoms with Gasteiger partial charge in [0.1, 0.15) is 0 Å². The molecule has 0 saturated heterocycles. The van der Waals surface area contributed by atoms with Crippen molar-refractivity contribution in [2.45, 2.75) is 12.8 Å². The Bertz CT molecular complexity index is 3010. The summed E-state index contributed by atoms with van der Waals surface area (Å²) in [6.45, 7) is 0. The summed E-state index contributed by atoms with van der Waals surface area (Å²) >= 11 is 0. The van der Waals surface area contributed by atoms with Gasteiger partial charge in [-0.05, 0) is 80.9 Å². The van der Waals surface area contributed by atoms with E-state index in [1.165, 1.54) is 66.1 Å². The number of fused-ring (bicyclic) bond motifs is 8. The third-order valence-corrected chi connectivity index (χ3v) is 11.1. The molecule has 2 heterocycles. The van der Waals surface area contributed by atoms with Gasteiger partial charge in [-0.1, -0.05) is 158 Å². The van der Waals surface area contributed by atoms with Gasteiger partial charge in [-0.2, -0.15) is 0 Å². The molecule has 2 aromatic heterocycles. The summed E-state index contributed by atoms with van der Waals surface area (Å²) in [5.74, 6) is 1.98. The Kier molecular flexibility index (Phi) is 7.27. The Morgan fingerprint density at radius 2 is 0.945 bits per heavy atom. The number of para-hydroxylation sites is 1. The summed E-state index contributed by atoms with van der Waals surface area (Å²) in [5.41, 5.74) is 13.1. The molecule has 55 heavy (non-hydrogen) atoms. The van der Waals surface area contributed by atoms with Crippen LogP contribution >= 0.6 is 0 Å². The van der Waals surface area contributed by atoms with Gasteiger partial charge in [0, 0.05) is 39.0 Å². The van der Waals surface area contributed by atoms with E-state index < -0.39 is 0 Å². The third kappa shape index (κ3) is 5.33. The van der Waals surface area contributed by atoms with E-state index in [2.05, 4.69) is 126 Å². The first-order valence-corrected chi connectivity index (χ1v) is 18.9. The normalized spacial score (nSPS) is 12.2. The summed E-state index contributed by atoms with van der Waals surface area (Å²) in [6, 6.07) is 64.9. The second kappa shape index (κ2) is 12.8. The number of nitrogens with zero attached hydrogens (tertiary/aromatic N) is 4. The number of hydrogen-bond donors (Lipinski definition) is 0. The highest BCUT2D eigenvalue weighted by molar-refractivity contribution is 6.08. The predicted octanol–water partition coefficient (Wildman–Crippen LogP) is 12.6. The largest absolute Gasteiger partial charge is 0.313 e. The van der Waals surface area contributed by atoms with Crippen molar-refractivity contribution in [3.63, 3.8) is 0 Å². The van der Waals surface area contributed by atoms with Gasteiger partial charge >= 0.3 is 0 Å². The van der Waals surface area contributed by atoms with E-state index in [1.54, 1.807) is 0 Å². The molecule has 0 saturated carbocycles. The van der Waals surface area contributed by atoms with E-state index in [1.807, 2.05) is 60.7 Å². The number of hydrogen-bond acceptors (Lipinski definition) is 3. The van der Waals surface area contributed by atoms with Crippen molar-refractivity contribution < 1.29 is 0 Å². The first-order chi connectivity index (χ1) is 27.2. The van der Waals surface area contributed by atoms with Crippen molar-refractivity contribution in [3.8, 4) is 62.1 Å². The Labute approximate surface area is 319 Å². The summed E-state index contributed by atoms with van der Waals surface area (Å²) in [4.78, 5) is 14.8. The molecular weight excluding hydrogens is 669 g/mol. The molecule has 0 bridgehead atoms. The van der Waals surface area contributed by atoms with Gasteiger partial charge in [0.15, 0.2) is 17.5 Å². The molecule has 0 spiro atoms. The molecule has 0 unspecified atom stereocenters. The zero-order chi connectivity index (χ0) is 36.3. The summed E-state index contributed by atoms with van der Waals surface area (Å²) in [6.07, 6.45) is 1.99. The lowest BCUT2D eigenvalue weighted by Gasteiger charge is -2.21. The second-order valence-electron chi connectivity index (χ2n) is 14.4. The maximum Gasteiger partial charge on any atom is 0.164 e. The van der Waals surface area contributed by atoms with Gasteiger partial charge in [-0.25, -0.2) is 15.0 Å². The number of benzene rings is 8. The molecule has 258 valence electrons. The van der Waals surface area contributed by atoms with Gasteiger partial charge in [-0.15, -0.1) is 0 Å². The zero-order valence-electron chi connectivity index (χ0n) is 30.0. The molecule has 0 amide bonds. The van der Waals surface area contributed by atoms with E-state index in [-0.39, 0.29) is 0 Å². The van der Waals surface area contributed by atoms with E-state index in [0.29, 0.717) is 17.5 Å². The van der Waals surface area contributed by atoms with Crippen LogP contribution in [0.5, 0.6) is 0 Å². The second-order valence-corrected chi connectivity index (χ2v) is 14.4. The van der Waals surface area contributed by atoms with Gasteiger partial charge in [0.25, 0.3) is 0 Å². The average Bonchev–Trinajstić information content (AvgIpc) is 3.61. The Hall–Kier alpha value is -7.17. The average molecular weight is 703 g/mol. The fraction of sp³-hybridized carbons (Fsp3) is 0.0392. The quantitative estimate of drug-likeness (QED) is 0.168. The Balaban J connectivity index is 0.991. The fourth-order valence-corrected chi connectivity index (χ4v) is 8.47. The van der Waals surface area contributed by atoms with Crippen LogP contribution in [0, 0.1) is 0 Å². The van der Waals surface area contributed by atoms with Crippen LogP contribution in [0.2, 0.25) is 0 Å². The maximum atomic E-state index is 4.95. The van der Waals surface area contributed by atoms with Crippen LogP contribution in [0.3, 0.4) is 0 Å². The van der Waals surface area contributed by atoms with Crippen LogP contribution in [-0.4, -0.2) is 19.5 Å². The minimum Gasteiger partial charge on any atom is -0.313 e. The molecule has 0 atom stereocenters. The lowest BCUT2D eigenvalue weighted by molar-refractivity contribution is 0.866. The van der Waals surface area contributed by atoms with Gasteiger partial charge < -0.3 is 4.57 Å². The molecule has 11 rings (SSSR count). The lowest BCUT2D eigenvalue weighted by atomic mass is 9.86. The molecule has 0 fully saturated rings. The van der Waals surface area contributed by atoms with Gasteiger partial charge in [-0.3, -0.25) is 0 Å². The van der Waals surface area contributed by atoms with Crippen molar-refractivity contribution in [2.75, 3.05) is 0 Å².